The molecule has 3 unspecified atom stereocenters. The number of hydrogen-bond donors (Lipinski definition) is 0. The zero-order valence-corrected chi connectivity index (χ0v) is 15.5. The minimum atomic E-state index is -0.742. The molecule has 27 heavy (non-hydrogen) atoms. The van der Waals surface area contributed by atoms with Gasteiger partial charge in [-0.05, 0) is 48.6 Å². The molecule has 4 heterocycles. The van der Waals surface area contributed by atoms with Crippen molar-refractivity contribution < 1.29 is 4.21 Å². The molecule has 3 aliphatic heterocycles. The van der Waals surface area contributed by atoms with E-state index in [-0.39, 0.29) is 34.3 Å². The number of rotatable bonds is 1. The molecule has 9 atom stereocenters. The Morgan fingerprint density at radius 2 is 1.41 bits per heavy atom. The second kappa shape index (κ2) is 3.81. The fraction of sp³-hybridized carbons (Fsp3) is 0.600. The van der Waals surface area contributed by atoms with E-state index in [1.54, 1.807) is 0 Å². The lowest BCUT2D eigenvalue weighted by Crippen LogP contribution is -2.52. The number of nitrogens with zero attached hydrogens (tertiary/aromatic N) is 3. The molecular formula is C20H19N3O3S. The normalized spacial score (nSPS) is 51.5. The molecule has 138 valence electrons. The van der Waals surface area contributed by atoms with Gasteiger partial charge in [-0.2, -0.15) is 0 Å². The van der Waals surface area contributed by atoms with Crippen LogP contribution in [0.3, 0.4) is 0 Å². The molecule has 0 amide bonds. The van der Waals surface area contributed by atoms with Crippen molar-refractivity contribution in [2.75, 3.05) is 11.5 Å². The van der Waals surface area contributed by atoms with Crippen molar-refractivity contribution in [3.63, 3.8) is 0 Å². The van der Waals surface area contributed by atoms with Crippen LogP contribution in [0.5, 0.6) is 0 Å². The molecule has 0 radical (unpaired) electrons. The molecule has 9 rings (SSSR count). The first-order valence-corrected chi connectivity index (χ1v) is 11.5. The Balaban J connectivity index is 1.43. The van der Waals surface area contributed by atoms with Crippen LogP contribution in [0.15, 0.2) is 39.9 Å². The first kappa shape index (κ1) is 14.2. The van der Waals surface area contributed by atoms with E-state index in [2.05, 4.69) is 0 Å². The maximum atomic E-state index is 13.4. The first-order valence-electron chi connectivity index (χ1n) is 10.0. The third-order valence-electron chi connectivity index (χ3n) is 9.29. The van der Waals surface area contributed by atoms with E-state index in [4.69, 9.17) is 0 Å². The zero-order valence-electron chi connectivity index (χ0n) is 14.7. The van der Waals surface area contributed by atoms with Crippen LogP contribution in [0.25, 0.3) is 5.69 Å². The molecule has 4 aliphatic carbocycles. The quantitative estimate of drug-likeness (QED) is 0.738. The van der Waals surface area contributed by atoms with Gasteiger partial charge in [-0.15, -0.1) is 0 Å². The number of benzene rings is 1. The summed E-state index contributed by atoms with van der Waals surface area (Å²) in [6, 6.07) is 9.62. The highest BCUT2D eigenvalue weighted by molar-refractivity contribution is 7.84. The lowest BCUT2D eigenvalue weighted by Gasteiger charge is -2.47. The summed E-state index contributed by atoms with van der Waals surface area (Å²) in [6.45, 7) is 0. The average molecular weight is 381 g/mol. The molecule has 1 aromatic carbocycles. The van der Waals surface area contributed by atoms with E-state index in [9.17, 15) is 13.8 Å². The Morgan fingerprint density at radius 1 is 0.852 bits per heavy atom. The van der Waals surface area contributed by atoms with E-state index in [0.29, 0.717) is 29.4 Å². The molecule has 1 saturated heterocycles. The largest absolute Gasteiger partial charge is 0.352 e. The highest BCUT2D eigenvalue weighted by Gasteiger charge is 3.02. The van der Waals surface area contributed by atoms with Crippen molar-refractivity contribution in [3.8, 4) is 5.69 Å². The van der Waals surface area contributed by atoms with Crippen molar-refractivity contribution in [2.45, 2.75) is 24.9 Å². The summed E-state index contributed by atoms with van der Waals surface area (Å²) in [4.78, 5) is 26.9. The molecule has 2 spiro atoms. The van der Waals surface area contributed by atoms with Crippen LogP contribution < -0.4 is 11.4 Å². The number of aromatic nitrogens is 3. The third kappa shape index (κ3) is 1.11. The summed E-state index contributed by atoms with van der Waals surface area (Å²) in [5, 5.41) is 0. The summed E-state index contributed by atoms with van der Waals surface area (Å²) < 4.78 is 17.4. The van der Waals surface area contributed by atoms with Crippen LogP contribution in [-0.4, -0.2) is 29.6 Å². The van der Waals surface area contributed by atoms with Crippen LogP contribution in [-0.2, 0) is 10.8 Å². The summed E-state index contributed by atoms with van der Waals surface area (Å²) in [5.74, 6) is 4.08. The van der Waals surface area contributed by atoms with E-state index < -0.39 is 10.8 Å². The van der Waals surface area contributed by atoms with Crippen molar-refractivity contribution in [3.05, 3.63) is 51.3 Å². The van der Waals surface area contributed by atoms with Gasteiger partial charge in [0, 0.05) is 33.1 Å². The maximum absolute atomic E-state index is 13.4. The first-order chi connectivity index (χ1) is 13.1. The van der Waals surface area contributed by atoms with Crippen LogP contribution in [0, 0.1) is 34.5 Å². The number of para-hydroxylation sites is 1. The summed E-state index contributed by atoms with van der Waals surface area (Å²) >= 11 is 0. The Morgan fingerprint density at radius 3 is 1.96 bits per heavy atom. The molecule has 5 fully saturated rings. The fourth-order valence-corrected chi connectivity index (χ4v) is 10.3. The molecular weight excluding hydrogens is 362 g/mol. The Labute approximate surface area is 157 Å². The molecule has 2 aromatic rings. The lowest BCUT2D eigenvalue weighted by atomic mass is 9.69. The highest BCUT2D eigenvalue weighted by atomic mass is 32.2. The van der Waals surface area contributed by atoms with Crippen LogP contribution in [0.4, 0.5) is 0 Å². The summed E-state index contributed by atoms with van der Waals surface area (Å²) in [7, 11) is -0.742. The molecule has 7 heteroatoms. The van der Waals surface area contributed by atoms with Crippen molar-refractivity contribution >= 4 is 10.8 Å². The van der Waals surface area contributed by atoms with Crippen LogP contribution in [0.1, 0.15) is 24.9 Å². The maximum Gasteiger partial charge on any atom is 0.352 e. The fourth-order valence-electron chi connectivity index (χ4n) is 8.93. The Kier molecular flexibility index (Phi) is 2.00. The molecule has 7 aliphatic rings. The van der Waals surface area contributed by atoms with Gasteiger partial charge in [0.1, 0.15) is 0 Å². The van der Waals surface area contributed by atoms with Crippen molar-refractivity contribution in [1.29, 1.82) is 0 Å². The van der Waals surface area contributed by atoms with Crippen molar-refractivity contribution in [2.24, 2.45) is 34.5 Å². The second-order valence-corrected chi connectivity index (χ2v) is 11.1. The standard InChI is InChI=1S/C20H19N3O3S/c24-17-21(10-4-2-1-3-5-10)18(25)23-16-13-11-12(13)15(22(17)23)19-6-8-27(26)9-7-20(16,19)14(11)19/h1-5,11-16H,6-9H2/t11?,12-,13-,14?,15+,16+,19-,20+,27?/m0/s1. The Hall–Kier alpha value is -1.89. The van der Waals surface area contributed by atoms with E-state index >= 15 is 0 Å². The van der Waals surface area contributed by atoms with Crippen molar-refractivity contribution in [1.82, 2.24) is 13.9 Å². The summed E-state index contributed by atoms with van der Waals surface area (Å²) in [6.07, 6.45) is 1.95. The number of hydrogen-bond acceptors (Lipinski definition) is 3. The smallest absolute Gasteiger partial charge is 0.260 e. The predicted molar refractivity (Wildman–Crippen MR) is 98.3 cm³/mol. The van der Waals surface area contributed by atoms with E-state index in [1.807, 2.05) is 39.7 Å². The van der Waals surface area contributed by atoms with Gasteiger partial charge in [0.25, 0.3) is 0 Å². The minimum Gasteiger partial charge on any atom is -0.260 e. The zero-order chi connectivity index (χ0) is 17.9. The third-order valence-corrected chi connectivity index (χ3v) is 10.6. The SMILES string of the molecule is O=c1n(-c2ccccc2)c(=O)n2n1[C@@H]1[C@H]3C4C5[C@@]16CCS(=O)CC[C@]56[C@H]2[C@@H]43. The molecule has 0 N–H and O–H groups in total. The minimum absolute atomic E-state index is 0.146. The topological polar surface area (TPSA) is 66.0 Å². The predicted octanol–water partition coefficient (Wildman–Crippen LogP) is 0.931. The van der Waals surface area contributed by atoms with Gasteiger partial charge in [-0.1, -0.05) is 18.2 Å². The Bertz CT molecular complexity index is 1140. The monoisotopic (exact) mass is 381 g/mol. The van der Waals surface area contributed by atoms with Crippen LogP contribution in [0.2, 0.25) is 0 Å². The highest BCUT2D eigenvalue weighted by Crippen LogP contribution is 3.03. The van der Waals surface area contributed by atoms with Crippen LogP contribution >= 0.6 is 0 Å². The lowest BCUT2D eigenvalue weighted by molar-refractivity contribution is -0.00192. The molecule has 4 saturated carbocycles. The summed E-state index contributed by atoms with van der Waals surface area (Å²) in [5.41, 5.74) is 0.602. The molecule has 1 aromatic heterocycles. The van der Waals surface area contributed by atoms with Gasteiger partial charge >= 0.3 is 11.4 Å². The van der Waals surface area contributed by atoms with Gasteiger partial charge < -0.3 is 0 Å². The van der Waals surface area contributed by atoms with Gasteiger partial charge in [0.05, 0.1) is 17.8 Å². The second-order valence-electron chi connectivity index (χ2n) is 9.45. The molecule has 6 nitrogen and oxygen atoms in total. The molecule has 2 bridgehead atoms. The van der Waals surface area contributed by atoms with E-state index in [0.717, 1.165) is 24.3 Å². The van der Waals surface area contributed by atoms with Gasteiger partial charge in [0.15, 0.2) is 0 Å². The van der Waals surface area contributed by atoms with Gasteiger partial charge in [-0.3, -0.25) is 4.21 Å². The van der Waals surface area contributed by atoms with Gasteiger partial charge in [0.2, 0.25) is 0 Å². The van der Waals surface area contributed by atoms with E-state index in [1.165, 1.54) is 4.57 Å². The average Bonchev–Trinajstić information content (AvgIpc) is 3.45. The van der Waals surface area contributed by atoms with Gasteiger partial charge in [-0.25, -0.2) is 23.5 Å².